The van der Waals surface area contributed by atoms with Crippen LogP contribution in [0.1, 0.15) is 46.5 Å². The van der Waals surface area contributed by atoms with E-state index in [1.165, 1.54) is 24.5 Å². The minimum Gasteiger partial charge on any atom is -0.399 e. The molecule has 1 aromatic heterocycles. The Morgan fingerprint density at radius 3 is 2.56 bits per heavy atom. The number of benzene rings is 1. The average Bonchev–Trinajstić information content (AvgIpc) is 3.15. The summed E-state index contributed by atoms with van der Waals surface area (Å²) >= 11 is 0. The van der Waals surface area contributed by atoms with Crippen molar-refractivity contribution in [3.8, 4) is 0 Å². The van der Waals surface area contributed by atoms with Crippen LogP contribution in [0.2, 0.25) is 0 Å². The lowest BCUT2D eigenvalue weighted by atomic mass is 9.58. The van der Waals surface area contributed by atoms with E-state index < -0.39 is 34.0 Å². The lowest BCUT2D eigenvalue weighted by Gasteiger charge is -2.60. The number of ether oxygens (including phenoxy) is 3. The van der Waals surface area contributed by atoms with Crippen molar-refractivity contribution >= 4 is 21.7 Å². The van der Waals surface area contributed by atoms with Gasteiger partial charge < -0.3 is 19.9 Å². The van der Waals surface area contributed by atoms with Gasteiger partial charge >= 0.3 is 0 Å². The van der Waals surface area contributed by atoms with E-state index in [-0.39, 0.29) is 41.7 Å². The van der Waals surface area contributed by atoms with E-state index in [1.807, 2.05) is 6.92 Å². The van der Waals surface area contributed by atoms with Crippen molar-refractivity contribution in [3.63, 3.8) is 0 Å². The van der Waals surface area contributed by atoms with Gasteiger partial charge in [-0.05, 0) is 68.4 Å². The van der Waals surface area contributed by atoms with Gasteiger partial charge in [0.25, 0.3) is 10.0 Å². The van der Waals surface area contributed by atoms with Crippen molar-refractivity contribution in [2.75, 3.05) is 23.2 Å². The molecule has 2 bridgehead atoms. The summed E-state index contributed by atoms with van der Waals surface area (Å²) in [5.74, 6) is -0.0239. The molecule has 1 unspecified atom stereocenters. The second-order valence-corrected chi connectivity index (χ2v) is 13.2. The molecule has 1 spiro atoms. The maximum absolute atomic E-state index is 13.6. The Morgan fingerprint density at radius 2 is 1.82 bits per heavy atom. The molecule has 212 valence electrons. The van der Waals surface area contributed by atoms with E-state index in [1.54, 1.807) is 18.2 Å². The maximum Gasteiger partial charge on any atom is 0.266 e. The molecule has 4 saturated heterocycles. The largest absolute Gasteiger partial charge is 0.399 e. The van der Waals surface area contributed by atoms with Crippen molar-refractivity contribution in [3.05, 3.63) is 42.7 Å². The van der Waals surface area contributed by atoms with E-state index in [2.05, 4.69) is 23.8 Å². The van der Waals surface area contributed by atoms with Gasteiger partial charge in [-0.15, -0.1) is 0 Å². The number of hydrogen-bond donors (Lipinski definition) is 1. The molecule has 0 radical (unpaired) electrons. The highest BCUT2D eigenvalue weighted by Crippen LogP contribution is 2.60. The number of sulfonamides is 1. The molecule has 4 aliphatic heterocycles. The smallest absolute Gasteiger partial charge is 0.266 e. The van der Waals surface area contributed by atoms with Crippen LogP contribution < -0.4 is 10.0 Å². The number of fused-ring (bicyclic) bond motifs is 2. The van der Waals surface area contributed by atoms with Crippen LogP contribution in [-0.2, 0) is 34.0 Å². The molecular formula is C27H36N4O7S. The number of hydrogen-bond acceptors (Lipinski definition) is 10. The van der Waals surface area contributed by atoms with Gasteiger partial charge in [-0.25, -0.2) is 32.5 Å². The molecule has 8 atom stereocenters. The summed E-state index contributed by atoms with van der Waals surface area (Å²) in [4.78, 5) is 20.5. The first-order chi connectivity index (χ1) is 18.6. The molecule has 1 aliphatic carbocycles. The highest BCUT2D eigenvalue weighted by Gasteiger charge is 2.69. The molecule has 12 heteroatoms. The van der Waals surface area contributed by atoms with Gasteiger partial charge in [0.2, 0.25) is 11.7 Å². The molecule has 2 N–H and O–H groups in total. The first-order valence-electron chi connectivity index (χ1n) is 13.6. The van der Waals surface area contributed by atoms with Crippen molar-refractivity contribution in [1.29, 1.82) is 0 Å². The molecule has 0 amide bonds. The number of aromatic nitrogens is 2. The summed E-state index contributed by atoms with van der Waals surface area (Å²) in [7, 11) is -3.98. The Bertz CT molecular complexity index is 1280. The van der Waals surface area contributed by atoms with E-state index in [0.29, 0.717) is 11.6 Å². The second-order valence-electron chi connectivity index (χ2n) is 11.3. The Kier molecular flexibility index (Phi) is 6.84. The SMILES string of the molecule is C[C@H]1[C@@H](OCCN(c2ncccn2)S(=O)(=O)c2ccc(N)cc2)O[C@@H]2O[C@@]3(C)CCC4[C@H](C)CC[C@@H]1[C@]42OO3. The molecule has 39 heavy (non-hydrogen) atoms. The van der Waals surface area contributed by atoms with Crippen LogP contribution >= 0.6 is 0 Å². The van der Waals surface area contributed by atoms with Gasteiger partial charge in [-0.3, -0.25) is 0 Å². The quantitative estimate of drug-likeness (QED) is 0.396. The van der Waals surface area contributed by atoms with E-state index in [4.69, 9.17) is 29.7 Å². The molecule has 7 rings (SSSR count). The third kappa shape index (κ3) is 4.51. The predicted octanol–water partition coefficient (Wildman–Crippen LogP) is 3.48. The minimum atomic E-state index is -3.98. The van der Waals surface area contributed by atoms with Crippen LogP contribution in [0.15, 0.2) is 47.6 Å². The number of nitrogens with zero attached hydrogens (tertiary/aromatic N) is 3. The standard InChI is InChI=1S/C27H36N4O7S/c1-17-5-10-22-18(2)23(35-24-27(22)21(17)11-12-26(3,36-24)37-38-27)34-16-15-31(25-29-13-4-14-30-25)39(32,33)20-8-6-19(28)7-9-20/h4,6-9,13-14,17-18,21-24H,5,10-12,15-16,28H2,1-3H3/t17-,18-,21?,22+,23+,24-,26-,27-/m1/s1. The molecule has 1 saturated carbocycles. The van der Waals surface area contributed by atoms with Crippen LogP contribution in [0.5, 0.6) is 0 Å². The van der Waals surface area contributed by atoms with Crippen LogP contribution in [0.4, 0.5) is 11.6 Å². The normalized spacial score (nSPS) is 37.6. The predicted molar refractivity (Wildman–Crippen MR) is 140 cm³/mol. The molecule has 2 aromatic rings. The number of rotatable bonds is 7. The topological polar surface area (TPSA) is 135 Å². The summed E-state index contributed by atoms with van der Waals surface area (Å²) in [6, 6.07) is 7.66. The average molecular weight is 561 g/mol. The van der Waals surface area contributed by atoms with Crippen LogP contribution in [-0.4, -0.2) is 55.5 Å². The summed E-state index contributed by atoms with van der Waals surface area (Å²) in [5.41, 5.74) is 5.55. The Balaban J connectivity index is 1.22. The van der Waals surface area contributed by atoms with Gasteiger partial charge in [0.15, 0.2) is 18.2 Å². The molecule has 5 aliphatic rings. The molecular weight excluding hydrogens is 524 g/mol. The van der Waals surface area contributed by atoms with Crippen LogP contribution in [0.25, 0.3) is 0 Å². The summed E-state index contributed by atoms with van der Waals surface area (Å²) < 4.78 is 47.4. The van der Waals surface area contributed by atoms with Crippen molar-refractivity contribution in [1.82, 2.24) is 9.97 Å². The fourth-order valence-corrected chi connectivity index (χ4v) is 8.19. The van der Waals surface area contributed by atoms with E-state index >= 15 is 0 Å². The first kappa shape index (κ1) is 26.9. The summed E-state index contributed by atoms with van der Waals surface area (Å²) in [6.45, 7) is 6.29. The van der Waals surface area contributed by atoms with Crippen molar-refractivity contribution < 1.29 is 32.4 Å². The highest BCUT2D eigenvalue weighted by molar-refractivity contribution is 7.92. The summed E-state index contributed by atoms with van der Waals surface area (Å²) in [5, 5.41) is 0. The van der Waals surface area contributed by atoms with Gasteiger partial charge in [-0.1, -0.05) is 13.8 Å². The number of nitrogens with two attached hydrogens (primary N) is 1. The zero-order valence-electron chi connectivity index (χ0n) is 22.4. The highest BCUT2D eigenvalue weighted by atomic mass is 32.2. The number of anilines is 2. The fraction of sp³-hybridized carbons (Fsp3) is 0.630. The second kappa shape index (κ2) is 9.93. The summed E-state index contributed by atoms with van der Waals surface area (Å²) in [6.07, 6.45) is 5.46. The van der Waals surface area contributed by atoms with Gasteiger partial charge in [0.1, 0.15) is 0 Å². The fourth-order valence-electron chi connectivity index (χ4n) is 6.83. The molecule has 11 nitrogen and oxygen atoms in total. The Labute approximate surface area is 228 Å². The van der Waals surface area contributed by atoms with Crippen LogP contribution in [0, 0.1) is 23.7 Å². The lowest BCUT2D eigenvalue weighted by molar-refractivity contribution is -0.577. The van der Waals surface area contributed by atoms with E-state index in [0.717, 1.165) is 30.0 Å². The number of nitrogen functional groups attached to an aromatic ring is 1. The van der Waals surface area contributed by atoms with Gasteiger partial charge in [-0.2, -0.15) is 0 Å². The molecule has 1 aromatic carbocycles. The monoisotopic (exact) mass is 560 g/mol. The Morgan fingerprint density at radius 1 is 1.08 bits per heavy atom. The Hall–Kier alpha value is -2.35. The lowest BCUT2D eigenvalue weighted by Crippen LogP contribution is -2.70. The zero-order valence-corrected chi connectivity index (χ0v) is 23.2. The molecule has 5 fully saturated rings. The maximum atomic E-state index is 13.6. The van der Waals surface area contributed by atoms with Gasteiger partial charge in [0.05, 0.1) is 18.0 Å². The van der Waals surface area contributed by atoms with E-state index in [9.17, 15) is 8.42 Å². The minimum absolute atomic E-state index is 0.0123. The first-order valence-corrected chi connectivity index (χ1v) is 15.0. The van der Waals surface area contributed by atoms with Crippen LogP contribution in [0.3, 0.4) is 0 Å². The third-order valence-electron chi connectivity index (χ3n) is 8.92. The molecule has 5 heterocycles. The van der Waals surface area contributed by atoms with Crippen molar-refractivity contribution in [2.24, 2.45) is 23.7 Å². The van der Waals surface area contributed by atoms with Crippen molar-refractivity contribution in [2.45, 2.75) is 75.3 Å². The van der Waals surface area contributed by atoms with Gasteiger partial charge in [0, 0.05) is 36.3 Å². The zero-order chi connectivity index (χ0) is 27.4. The third-order valence-corrected chi connectivity index (χ3v) is 10.7.